The average molecular weight is 1080 g/mol. The number of aliphatic hydroxyl groups excluding tert-OH is 2. The Balaban J connectivity index is 5.20. The first-order chi connectivity index (χ1) is 29.6. The minimum atomic E-state index is -3.98. The fourth-order valence-electron chi connectivity index (χ4n) is 8.06. The van der Waals surface area contributed by atoms with Crippen LogP contribution in [0.3, 0.4) is 0 Å². The molecule has 0 bridgehead atoms. The zero-order chi connectivity index (χ0) is 45.1. The van der Waals surface area contributed by atoms with E-state index in [0.29, 0.717) is 12.8 Å². The van der Waals surface area contributed by atoms with E-state index in [9.17, 15) is 19.8 Å². The smallest absolute Gasteiger partial charge is 0.393 e. The van der Waals surface area contributed by atoms with Gasteiger partial charge in [0.1, 0.15) is 0 Å². The van der Waals surface area contributed by atoms with Gasteiger partial charge in [0.2, 0.25) is 0 Å². The van der Waals surface area contributed by atoms with Gasteiger partial charge in [0, 0.05) is 0 Å². The van der Waals surface area contributed by atoms with Gasteiger partial charge in [-0.2, -0.15) is 0 Å². The summed E-state index contributed by atoms with van der Waals surface area (Å²) in [4.78, 5) is 27.4. The fourth-order valence-corrected chi connectivity index (χ4v) is 49.5. The van der Waals surface area contributed by atoms with Crippen LogP contribution in [-0.2, 0) is 17.1 Å². The van der Waals surface area contributed by atoms with E-state index in [0.717, 1.165) is 185 Å². The molecule has 0 radical (unpaired) electrons. The van der Waals surface area contributed by atoms with Crippen LogP contribution in [0.1, 0.15) is 260 Å². The van der Waals surface area contributed by atoms with E-state index in [1.165, 1.54) is 38.5 Å². The summed E-state index contributed by atoms with van der Waals surface area (Å²) in [5, 5.41) is 20.4. The van der Waals surface area contributed by atoms with Crippen molar-refractivity contribution in [2.24, 2.45) is 0 Å². The van der Waals surface area contributed by atoms with Crippen molar-refractivity contribution in [3.8, 4) is 0 Å². The number of unbranched alkanes of at least 4 members (excludes halogenated alkanes) is 20. The molecule has 0 aliphatic heterocycles. The summed E-state index contributed by atoms with van der Waals surface area (Å²) in [6.45, 7) is 13.3. The minimum absolute atomic E-state index is 0.0809. The zero-order valence-corrected chi connectivity index (χ0v) is 47.0. The van der Waals surface area contributed by atoms with Crippen molar-refractivity contribution in [2.75, 3.05) is 0 Å². The molecule has 0 saturated carbocycles. The van der Waals surface area contributed by atoms with Gasteiger partial charge < -0.3 is 10.2 Å². The van der Waals surface area contributed by atoms with Crippen LogP contribution in [0.2, 0.25) is 17.7 Å². The Labute approximate surface area is 389 Å². The van der Waals surface area contributed by atoms with Gasteiger partial charge >= 0.3 is 291 Å². The van der Waals surface area contributed by atoms with Crippen molar-refractivity contribution in [1.82, 2.24) is 0 Å². The summed E-state index contributed by atoms with van der Waals surface area (Å²) in [5.41, 5.74) is 0. The first-order valence-corrected chi connectivity index (χ1v) is 39.2. The molecule has 0 rings (SSSR count). The molecule has 0 aromatic rings. The second-order valence-corrected chi connectivity index (χ2v) is 40.1. The standard InChI is InChI=1S/2C18H34O3.4C4H9.O.2Sn/c2*1-2-3-4-11-14-17(19)15-12-9-7-5-6-8-10-13-16-18(20)21;4*1-3-4-2;;;/h2*9,12,17,19H,2-8,10-11,13-16H2,1H3,(H,20,21);4*1,3-4H2,2H3;;;/q;;;;;;;2*+1/p-2/b2*12-9-;;;;;;;/t2*17-;;;;;;;/m11......./s1. The second-order valence-electron chi connectivity index (χ2n) is 18.3. The molecule has 0 spiro atoms. The summed E-state index contributed by atoms with van der Waals surface area (Å²) in [5.74, 6) is -0.162. The maximum atomic E-state index is 13.7. The molecule has 2 N–H and O–H groups in total. The number of hydrogen-bond donors (Lipinski definition) is 2. The Morgan fingerprint density at radius 3 is 1.07 bits per heavy atom. The Morgan fingerprint density at radius 1 is 0.410 bits per heavy atom. The molecule has 360 valence electrons. The minimum Gasteiger partial charge on any atom is -0.393 e. The van der Waals surface area contributed by atoms with Crippen molar-refractivity contribution in [3.05, 3.63) is 24.3 Å². The number of hydrogen-bond acceptors (Lipinski definition) is 7. The summed E-state index contributed by atoms with van der Waals surface area (Å²) in [6.07, 6.45) is 43.0. The molecular formula is C52H102O7Sn2. The summed E-state index contributed by atoms with van der Waals surface area (Å²) in [7, 11) is 0. The van der Waals surface area contributed by atoms with E-state index in [-0.39, 0.29) is 24.1 Å². The van der Waals surface area contributed by atoms with E-state index < -0.39 is 38.4 Å². The Kier molecular flexibility index (Phi) is 43.7. The zero-order valence-electron chi connectivity index (χ0n) is 41.3. The van der Waals surface area contributed by atoms with E-state index in [1.807, 2.05) is 0 Å². The van der Waals surface area contributed by atoms with Crippen molar-refractivity contribution < 1.29 is 27.4 Å². The van der Waals surface area contributed by atoms with Crippen LogP contribution < -0.4 is 0 Å². The van der Waals surface area contributed by atoms with Crippen LogP contribution in [-0.4, -0.2) is 72.8 Å². The number of carbonyl (C=O) groups excluding carboxylic acids is 2. The number of carbonyl (C=O) groups is 2. The SMILES string of the molecule is CCCCCC[C@@H](O)C/C=C\CCCCCCCC(=O)[O][Sn]([CH2]CCC)([CH2]CCC)[O][Sn]([CH2]CCC)([CH2]CCC)[O]C(=O)CCCCCCC/C=C\C[C@H](O)CCCCCC. The van der Waals surface area contributed by atoms with E-state index in [1.54, 1.807) is 0 Å². The summed E-state index contributed by atoms with van der Waals surface area (Å²) < 4.78 is 24.4. The van der Waals surface area contributed by atoms with Gasteiger partial charge in [-0.1, -0.05) is 65.2 Å². The van der Waals surface area contributed by atoms with Gasteiger partial charge in [-0.25, -0.2) is 0 Å². The van der Waals surface area contributed by atoms with Gasteiger partial charge in [-0.15, -0.1) is 0 Å². The quantitative estimate of drug-likeness (QED) is 0.0356. The van der Waals surface area contributed by atoms with Crippen LogP contribution in [0.4, 0.5) is 0 Å². The van der Waals surface area contributed by atoms with Gasteiger partial charge in [-0.3, -0.25) is 0 Å². The molecule has 0 aliphatic carbocycles. The molecule has 7 nitrogen and oxygen atoms in total. The Hall–Kier alpha value is -0.103. The first kappa shape index (κ1) is 60.9. The molecule has 0 aromatic heterocycles. The van der Waals surface area contributed by atoms with Gasteiger partial charge in [-0.05, 0) is 12.8 Å². The molecular weight excluding hydrogens is 974 g/mol. The van der Waals surface area contributed by atoms with Gasteiger partial charge in [0.15, 0.2) is 0 Å². The third-order valence-corrected chi connectivity index (χ3v) is 44.6. The van der Waals surface area contributed by atoms with Crippen LogP contribution >= 0.6 is 0 Å². The number of rotatable bonds is 46. The van der Waals surface area contributed by atoms with Crippen molar-refractivity contribution >= 4 is 50.3 Å². The topological polar surface area (TPSA) is 102 Å². The monoisotopic (exact) mass is 1080 g/mol. The first-order valence-electron chi connectivity index (χ1n) is 26.4. The van der Waals surface area contributed by atoms with Gasteiger partial charge in [0.25, 0.3) is 0 Å². The van der Waals surface area contributed by atoms with E-state index in [2.05, 4.69) is 65.8 Å². The van der Waals surface area contributed by atoms with E-state index >= 15 is 0 Å². The molecule has 0 aromatic carbocycles. The number of aliphatic hydroxyl groups is 2. The van der Waals surface area contributed by atoms with Crippen LogP contribution in [0.25, 0.3) is 0 Å². The molecule has 0 amide bonds. The summed E-state index contributed by atoms with van der Waals surface area (Å²) in [6, 6.07) is 0. The van der Waals surface area contributed by atoms with Crippen LogP contribution in [0.5, 0.6) is 0 Å². The predicted molar refractivity (Wildman–Crippen MR) is 265 cm³/mol. The van der Waals surface area contributed by atoms with Crippen LogP contribution in [0, 0.1) is 0 Å². The number of allylic oxidation sites excluding steroid dienone is 2. The fraction of sp³-hybridized carbons (Fsp3) is 0.885. The van der Waals surface area contributed by atoms with Crippen molar-refractivity contribution in [1.29, 1.82) is 0 Å². The molecule has 0 unspecified atom stereocenters. The molecule has 0 aliphatic rings. The third kappa shape index (κ3) is 36.8. The molecule has 0 heterocycles. The average Bonchev–Trinajstić information content (AvgIpc) is 3.25. The van der Waals surface area contributed by atoms with Gasteiger partial charge in [0.05, 0.1) is 12.2 Å². The van der Waals surface area contributed by atoms with Crippen molar-refractivity contribution in [3.63, 3.8) is 0 Å². The summed E-state index contributed by atoms with van der Waals surface area (Å²) >= 11 is -7.95. The Morgan fingerprint density at radius 2 is 0.721 bits per heavy atom. The predicted octanol–water partition coefficient (Wildman–Crippen LogP) is 16.2. The van der Waals surface area contributed by atoms with Crippen LogP contribution in [0.15, 0.2) is 24.3 Å². The molecule has 0 fully saturated rings. The maximum absolute atomic E-state index is 13.7. The molecule has 2 atom stereocenters. The Bertz CT molecular complexity index is 955. The van der Waals surface area contributed by atoms with Crippen molar-refractivity contribution in [2.45, 2.75) is 290 Å². The van der Waals surface area contributed by atoms with E-state index in [4.69, 9.17) is 7.56 Å². The normalized spacial score (nSPS) is 13.4. The molecule has 9 heteroatoms. The molecule has 61 heavy (non-hydrogen) atoms. The molecule has 0 saturated heterocycles. The second kappa shape index (κ2) is 43.8. The third-order valence-electron chi connectivity index (χ3n) is 12.1.